The second-order valence-corrected chi connectivity index (χ2v) is 6.05. The molecule has 7 heteroatoms. The molecule has 1 aliphatic rings. The summed E-state index contributed by atoms with van der Waals surface area (Å²) in [4.78, 5) is 27.2. The van der Waals surface area contributed by atoms with Crippen LogP contribution in [0.15, 0.2) is 48.5 Å². The Morgan fingerprint density at radius 1 is 1.12 bits per heavy atom. The van der Waals surface area contributed by atoms with Crippen LogP contribution in [0.4, 0.5) is 14.9 Å². The second kappa shape index (κ2) is 7.97. The number of benzene rings is 2. The van der Waals surface area contributed by atoms with Crippen molar-refractivity contribution in [3.8, 4) is 0 Å². The predicted octanol–water partition coefficient (Wildman–Crippen LogP) is 2.56. The maximum Gasteiger partial charge on any atom is 0.335 e. The molecule has 1 heterocycles. The minimum Gasteiger partial charge on any atom is -0.478 e. The number of hydrogen-bond donors (Lipinski definition) is 2. The Morgan fingerprint density at radius 2 is 1.81 bits per heavy atom. The number of halogens is 1. The van der Waals surface area contributed by atoms with Crippen LogP contribution in [0.1, 0.15) is 15.9 Å². The van der Waals surface area contributed by atoms with Gasteiger partial charge in [0.05, 0.1) is 12.1 Å². The van der Waals surface area contributed by atoms with Gasteiger partial charge in [-0.2, -0.15) is 0 Å². The Kier molecular flexibility index (Phi) is 5.48. The van der Waals surface area contributed by atoms with E-state index < -0.39 is 11.8 Å². The Balaban J connectivity index is 1.89. The molecular formula is C19H20FN3O3. The summed E-state index contributed by atoms with van der Waals surface area (Å²) in [5, 5.41) is 12.2. The van der Waals surface area contributed by atoms with Gasteiger partial charge in [0.1, 0.15) is 5.82 Å². The molecule has 2 aromatic carbocycles. The van der Waals surface area contributed by atoms with Crippen LogP contribution in [0, 0.1) is 5.82 Å². The van der Waals surface area contributed by atoms with Crippen LogP contribution in [-0.4, -0.2) is 48.2 Å². The minimum atomic E-state index is -1.19. The van der Waals surface area contributed by atoms with E-state index >= 15 is 0 Å². The van der Waals surface area contributed by atoms with Gasteiger partial charge in [0.2, 0.25) is 0 Å². The maximum absolute atomic E-state index is 14.4. The van der Waals surface area contributed by atoms with E-state index in [1.807, 2.05) is 18.2 Å². The molecular weight excluding hydrogens is 337 g/mol. The van der Waals surface area contributed by atoms with Crippen molar-refractivity contribution in [1.82, 2.24) is 10.2 Å². The molecule has 0 radical (unpaired) electrons. The van der Waals surface area contributed by atoms with Crippen LogP contribution in [0.25, 0.3) is 0 Å². The summed E-state index contributed by atoms with van der Waals surface area (Å²) in [7, 11) is 0. The molecule has 0 aliphatic carbocycles. The molecule has 2 amide bonds. The number of nitrogens with zero attached hydrogens (tertiary/aromatic N) is 2. The fourth-order valence-electron chi connectivity index (χ4n) is 2.88. The first kappa shape index (κ1) is 17.9. The van der Waals surface area contributed by atoms with Gasteiger partial charge in [-0.05, 0) is 24.3 Å². The van der Waals surface area contributed by atoms with Crippen LogP contribution in [0.5, 0.6) is 0 Å². The summed E-state index contributed by atoms with van der Waals surface area (Å²) in [6.07, 6.45) is 0. The lowest BCUT2D eigenvalue weighted by molar-refractivity contribution is 0.0696. The van der Waals surface area contributed by atoms with Gasteiger partial charge in [-0.3, -0.25) is 4.90 Å². The van der Waals surface area contributed by atoms with Crippen molar-refractivity contribution >= 4 is 17.7 Å². The van der Waals surface area contributed by atoms with Gasteiger partial charge in [-0.25, -0.2) is 14.0 Å². The zero-order valence-electron chi connectivity index (χ0n) is 14.2. The molecule has 0 bridgehead atoms. The molecule has 26 heavy (non-hydrogen) atoms. The number of hydrogen-bond acceptors (Lipinski definition) is 3. The van der Waals surface area contributed by atoms with Gasteiger partial charge in [0, 0.05) is 37.4 Å². The lowest BCUT2D eigenvalue weighted by atomic mass is 10.1. The molecule has 0 atom stereocenters. The molecule has 0 spiro atoms. The quantitative estimate of drug-likeness (QED) is 0.882. The van der Waals surface area contributed by atoms with Crippen molar-refractivity contribution in [2.75, 3.05) is 31.1 Å². The first-order chi connectivity index (χ1) is 12.6. The van der Waals surface area contributed by atoms with Crippen LogP contribution in [0.3, 0.4) is 0 Å². The molecule has 0 saturated carbocycles. The van der Waals surface area contributed by atoms with Crippen LogP contribution >= 0.6 is 0 Å². The minimum absolute atomic E-state index is 0.0263. The average molecular weight is 357 g/mol. The smallest absolute Gasteiger partial charge is 0.335 e. The fourth-order valence-corrected chi connectivity index (χ4v) is 2.88. The summed E-state index contributed by atoms with van der Waals surface area (Å²) < 4.78 is 14.4. The third-order valence-corrected chi connectivity index (χ3v) is 4.31. The number of nitrogens with one attached hydrogen (secondary N) is 1. The first-order valence-electron chi connectivity index (χ1n) is 8.40. The number of carboxylic acid groups (broad SMARTS) is 1. The SMILES string of the molecule is O=C(O)c1ccc(CN(C(=O)N2CCNCC2)c2ccccc2)c(F)c1. The zero-order chi connectivity index (χ0) is 18.5. The molecule has 0 unspecified atom stereocenters. The highest BCUT2D eigenvalue weighted by atomic mass is 19.1. The summed E-state index contributed by atoms with van der Waals surface area (Å²) >= 11 is 0. The first-order valence-corrected chi connectivity index (χ1v) is 8.40. The third-order valence-electron chi connectivity index (χ3n) is 4.31. The largest absolute Gasteiger partial charge is 0.478 e. The fraction of sp³-hybridized carbons (Fsp3) is 0.263. The average Bonchev–Trinajstić information content (AvgIpc) is 2.67. The molecule has 2 aromatic rings. The number of para-hydroxylation sites is 1. The summed E-state index contributed by atoms with van der Waals surface area (Å²) in [6.45, 7) is 2.63. The van der Waals surface area contributed by atoms with Gasteiger partial charge in [0.25, 0.3) is 0 Å². The summed E-state index contributed by atoms with van der Waals surface area (Å²) in [5.74, 6) is -1.83. The van der Waals surface area contributed by atoms with Gasteiger partial charge in [-0.15, -0.1) is 0 Å². The predicted molar refractivity (Wildman–Crippen MR) is 95.8 cm³/mol. The molecule has 0 aromatic heterocycles. The van der Waals surface area contributed by atoms with Crippen molar-refractivity contribution in [3.63, 3.8) is 0 Å². The number of anilines is 1. The maximum atomic E-state index is 14.4. The van der Waals surface area contributed by atoms with Crippen LogP contribution in [0.2, 0.25) is 0 Å². The van der Waals surface area contributed by atoms with E-state index in [0.717, 1.165) is 19.2 Å². The molecule has 1 saturated heterocycles. The molecule has 136 valence electrons. The third kappa shape index (κ3) is 4.00. The molecule has 2 N–H and O–H groups in total. The monoisotopic (exact) mass is 357 g/mol. The van der Waals surface area contributed by atoms with E-state index in [1.54, 1.807) is 17.0 Å². The van der Waals surface area contributed by atoms with Gasteiger partial charge in [-0.1, -0.05) is 24.3 Å². The van der Waals surface area contributed by atoms with E-state index in [2.05, 4.69) is 5.32 Å². The normalized spacial score (nSPS) is 14.1. The highest BCUT2D eigenvalue weighted by molar-refractivity contribution is 5.92. The molecule has 1 fully saturated rings. The van der Waals surface area contributed by atoms with Gasteiger partial charge < -0.3 is 15.3 Å². The van der Waals surface area contributed by atoms with Crippen LogP contribution < -0.4 is 10.2 Å². The number of carboxylic acids is 1. The second-order valence-electron chi connectivity index (χ2n) is 6.05. The molecule has 1 aliphatic heterocycles. The number of rotatable bonds is 4. The number of piperazine rings is 1. The van der Waals surface area contributed by atoms with E-state index in [9.17, 15) is 14.0 Å². The van der Waals surface area contributed by atoms with Crippen molar-refractivity contribution < 1.29 is 19.1 Å². The van der Waals surface area contributed by atoms with Gasteiger partial charge in [0.15, 0.2) is 0 Å². The Labute approximate surface area is 150 Å². The highest BCUT2D eigenvalue weighted by Gasteiger charge is 2.25. The number of amides is 2. The van der Waals surface area contributed by atoms with Gasteiger partial charge >= 0.3 is 12.0 Å². The number of urea groups is 1. The van der Waals surface area contributed by atoms with Crippen molar-refractivity contribution in [2.45, 2.75) is 6.54 Å². The van der Waals surface area contributed by atoms with Crippen molar-refractivity contribution in [2.24, 2.45) is 0 Å². The Hall–Kier alpha value is -2.93. The van der Waals surface area contributed by atoms with Crippen molar-refractivity contribution in [3.05, 3.63) is 65.5 Å². The Bertz CT molecular complexity index is 792. The standard InChI is InChI=1S/C19H20FN3O3/c20-17-12-14(18(24)25)6-7-15(17)13-23(16-4-2-1-3-5-16)19(26)22-10-8-21-9-11-22/h1-7,12,21H,8-11,13H2,(H,24,25). The Morgan fingerprint density at radius 3 is 2.42 bits per heavy atom. The van der Waals surface area contributed by atoms with E-state index in [-0.39, 0.29) is 23.7 Å². The topological polar surface area (TPSA) is 72.9 Å². The number of carbonyl (C=O) groups is 2. The number of carbonyl (C=O) groups excluding carboxylic acids is 1. The lowest BCUT2D eigenvalue weighted by Crippen LogP contribution is -2.51. The van der Waals surface area contributed by atoms with E-state index in [0.29, 0.717) is 18.8 Å². The molecule has 3 rings (SSSR count). The highest BCUT2D eigenvalue weighted by Crippen LogP contribution is 2.21. The molecule has 6 nitrogen and oxygen atoms in total. The van der Waals surface area contributed by atoms with E-state index in [1.165, 1.54) is 17.0 Å². The van der Waals surface area contributed by atoms with Crippen LogP contribution in [-0.2, 0) is 6.54 Å². The van der Waals surface area contributed by atoms with E-state index in [4.69, 9.17) is 5.11 Å². The van der Waals surface area contributed by atoms with Crippen molar-refractivity contribution in [1.29, 1.82) is 0 Å². The summed E-state index contributed by atoms with van der Waals surface area (Å²) in [6, 6.07) is 12.6. The number of aromatic carboxylic acids is 1. The summed E-state index contributed by atoms with van der Waals surface area (Å²) in [5.41, 5.74) is 0.811. The zero-order valence-corrected chi connectivity index (χ0v) is 14.2. The lowest BCUT2D eigenvalue weighted by Gasteiger charge is -2.33.